The Bertz CT molecular complexity index is 518. The lowest BCUT2D eigenvalue weighted by Gasteiger charge is -1.98. The fourth-order valence-electron chi connectivity index (χ4n) is 1.34. The molecule has 0 atom stereocenters. The lowest BCUT2D eigenvalue weighted by Crippen LogP contribution is -1.85. The van der Waals surface area contributed by atoms with Crippen LogP contribution in [0.4, 0.5) is 4.39 Å². The Morgan fingerprint density at radius 2 is 2.18 bits per heavy atom. The first-order chi connectivity index (χ1) is 8.20. The molecule has 90 valence electrons. The Hall–Kier alpha value is -0.690. The fraction of sp³-hybridized carbons (Fsp3) is 0.273. The van der Waals surface area contributed by atoms with Gasteiger partial charge in [0.15, 0.2) is 0 Å². The topological polar surface area (TPSA) is 38.9 Å². The summed E-state index contributed by atoms with van der Waals surface area (Å²) in [6, 6.07) is 4.44. The molecule has 0 unspecified atom stereocenters. The van der Waals surface area contributed by atoms with Crippen molar-refractivity contribution in [2.75, 3.05) is 5.88 Å². The summed E-state index contributed by atoms with van der Waals surface area (Å²) in [5.74, 6) is 1.26. The van der Waals surface area contributed by atoms with Crippen LogP contribution in [0.3, 0.4) is 0 Å². The standard InChI is InChI=1S/C11H9ClFIN2O/c12-5-1-2-10-15-16-11(17-10)8-4-3-7(13)6-9(8)14/h3-4,6H,1-2,5H2. The van der Waals surface area contributed by atoms with Crippen LogP contribution in [0.5, 0.6) is 0 Å². The predicted octanol–water partition coefficient (Wildman–Crippen LogP) is 3.65. The minimum absolute atomic E-state index is 0.278. The summed E-state index contributed by atoms with van der Waals surface area (Å²) in [7, 11) is 0. The number of aryl methyl sites for hydroxylation is 1. The molecule has 0 fully saturated rings. The van der Waals surface area contributed by atoms with E-state index in [1.165, 1.54) is 12.1 Å². The van der Waals surface area contributed by atoms with Crippen LogP contribution in [-0.4, -0.2) is 16.1 Å². The SMILES string of the molecule is Fc1ccc(-c2nnc(CCCCl)o2)c(I)c1. The molecule has 0 aliphatic heterocycles. The summed E-state index contributed by atoms with van der Waals surface area (Å²) in [6.07, 6.45) is 1.46. The summed E-state index contributed by atoms with van der Waals surface area (Å²) < 4.78 is 19.2. The molecule has 0 bridgehead atoms. The molecule has 0 aliphatic carbocycles. The zero-order valence-electron chi connectivity index (χ0n) is 8.79. The third-order valence-electron chi connectivity index (χ3n) is 2.15. The van der Waals surface area contributed by atoms with Crippen molar-refractivity contribution in [3.05, 3.63) is 33.5 Å². The van der Waals surface area contributed by atoms with Gasteiger partial charge in [-0.2, -0.15) is 0 Å². The molecule has 2 rings (SSSR count). The van der Waals surface area contributed by atoms with Crippen LogP contribution in [-0.2, 0) is 6.42 Å². The van der Waals surface area contributed by atoms with Gasteiger partial charge in [-0.15, -0.1) is 21.8 Å². The lowest BCUT2D eigenvalue weighted by molar-refractivity contribution is 0.502. The van der Waals surface area contributed by atoms with Crippen molar-refractivity contribution in [3.63, 3.8) is 0 Å². The van der Waals surface area contributed by atoms with Crippen LogP contribution >= 0.6 is 34.2 Å². The van der Waals surface area contributed by atoms with Crippen molar-refractivity contribution < 1.29 is 8.81 Å². The number of aromatic nitrogens is 2. The van der Waals surface area contributed by atoms with Crippen LogP contribution in [0, 0.1) is 9.39 Å². The van der Waals surface area contributed by atoms with Crippen molar-refractivity contribution in [1.29, 1.82) is 0 Å². The van der Waals surface area contributed by atoms with Gasteiger partial charge in [-0.3, -0.25) is 0 Å². The quantitative estimate of drug-likeness (QED) is 0.612. The van der Waals surface area contributed by atoms with E-state index in [-0.39, 0.29) is 5.82 Å². The van der Waals surface area contributed by atoms with Gasteiger partial charge in [-0.25, -0.2) is 4.39 Å². The maximum absolute atomic E-state index is 12.9. The van der Waals surface area contributed by atoms with Gasteiger partial charge in [-0.05, 0) is 47.2 Å². The molecule has 6 heteroatoms. The number of alkyl halides is 1. The van der Waals surface area contributed by atoms with E-state index >= 15 is 0 Å². The van der Waals surface area contributed by atoms with Crippen molar-refractivity contribution in [3.8, 4) is 11.5 Å². The van der Waals surface area contributed by atoms with E-state index in [1.807, 2.05) is 22.6 Å². The smallest absolute Gasteiger partial charge is 0.248 e. The number of hydrogen-bond acceptors (Lipinski definition) is 3. The van der Waals surface area contributed by atoms with Gasteiger partial charge in [-0.1, -0.05) is 0 Å². The normalized spacial score (nSPS) is 10.8. The van der Waals surface area contributed by atoms with E-state index < -0.39 is 0 Å². The Morgan fingerprint density at radius 1 is 1.35 bits per heavy atom. The first-order valence-corrected chi connectivity index (χ1v) is 6.66. The number of nitrogens with zero attached hydrogens (tertiary/aromatic N) is 2. The number of halogens is 3. The molecule has 1 heterocycles. The molecule has 1 aromatic carbocycles. The highest BCUT2D eigenvalue weighted by atomic mass is 127. The van der Waals surface area contributed by atoms with Crippen LogP contribution in [0.2, 0.25) is 0 Å². The summed E-state index contributed by atoms with van der Waals surface area (Å²) in [6.45, 7) is 0. The van der Waals surface area contributed by atoms with E-state index in [9.17, 15) is 4.39 Å². The molecule has 0 radical (unpaired) electrons. The Labute approximate surface area is 117 Å². The Morgan fingerprint density at radius 3 is 2.88 bits per heavy atom. The molecular formula is C11H9ClFIN2O. The summed E-state index contributed by atoms with van der Waals surface area (Å²) in [4.78, 5) is 0. The first-order valence-electron chi connectivity index (χ1n) is 5.04. The van der Waals surface area contributed by atoms with E-state index in [2.05, 4.69) is 10.2 Å². The van der Waals surface area contributed by atoms with Crippen molar-refractivity contribution >= 4 is 34.2 Å². The van der Waals surface area contributed by atoms with Gasteiger partial charge >= 0.3 is 0 Å². The zero-order chi connectivity index (χ0) is 12.3. The highest BCUT2D eigenvalue weighted by molar-refractivity contribution is 14.1. The average molecular weight is 367 g/mol. The van der Waals surface area contributed by atoms with Crippen molar-refractivity contribution in [2.24, 2.45) is 0 Å². The molecule has 0 spiro atoms. The summed E-state index contributed by atoms with van der Waals surface area (Å²) in [5.41, 5.74) is 0.747. The lowest BCUT2D eigenvalue weighted by atomic mass is 10.2. The molecule has 0 N–H and O–H groups in total. The summed E-state index contributed by atoms with van der Waals surface area (Å²) in [5, 5.41) is 7.86. The molecular weight excluding hydrogens is 357 g/mol. The molecule has 0 aliphatic rings. The average Bonchev–Trinajstić information content (AvgIpc) is 2.75. The minimum atomic E-state index is -0.278. The van der Waals surface area contributed by atoms with Crippen LogP contribution in [0.1, 0.15) is 12.3 Å². The molecule has 0 saturated carbocycles. The van der Waals surface area contributed by atoms with Crippen LogP contribution in [0.25, 0.3) is 11.5 Å². The Kier molecular flexibility index (Phi) is 4.33. The fourth-order valence-corrected chi connectivity index (χ4v) is 2.19. The van der Waals surface area contributed by atoms with Crippen LogP contribution < -0.4 is 0 Å². The predicted molar refractivity (Wildman–Crippen MR) is 71.5 cm³/mol. The monoisotopic (exact) mass is 366 g/mol. The molecule has 1 aromatic heterocycles. The second-order valence-electron chi connectivity index (χ2n) is 3.42. The van der Waals surface area contributed by atoms with Crippen LogP contribution in [0.15, 0.2) is 22.6 Å². The second-order valence-corrected chi connectivity index (χ2v) is 4.96. The number of benzene rings is 1. The Balaban J connectivity index is 2.24. The van der Waals surface area contributed by atoms with Gasteiger partial charge in [0.25, 0.3) is 0 Å². The largest absolute Gasteiger partial charge is 0.421 e. The van der Waals surface area contributed by atoms with E-state index in [0.717, 1.165) is 15.6 Å². The van der Waals surface area contributed by atoms with Gasteiger partial charge in [0.1, 0.15) is 5.82 Å². The second kappa shape index (κ2) is 5.77. The third kappa shape index (κ3) is 3.16. The van der Waals surface area contributed by atoms with E-state index in [4.69, 9.17) is 16.0 Å². The van der Waals surface area contributed by atoms with Crippen molar-refractivity contribution in [1.82, 2.24) is 10.2 Å². The van der Waals surface area contributed by atoms with Gasteiger partial charge in [0.2, 0.25) is 11.8 Å². The van der Waals surface area contributed by atoms with Gasteiger partial charge in [0.05, 0.1) is 5.56 Å². The summed E-state index contributed by atoms with van der Waals surface area (Å²) >= 11 is 7.62. The van der Waals surface area contributed by atoms with Gasteiger partial charge in [0, 0.05) is 15.9 Å². The molecule has 2 aromatic rings. The highest BCUT2D eigenvalue weighted by Crippen LogP contribution is 2.24. The minimum Gasteiger partial charge on any atom is -0.421 e. The zero-order valence-corrected chi connectivity index (χ0v) is 11.7. The maximum Gasteiger partial charge on any atom is 0.248 e. The highest BCUT2D eigenvalue weighted by Gasteiger charge is 2.11. The number of rotatable bonds is 4. The van der Waals surface area contributed by atoms with Gasteiger partial charge < -0.3 is 4.42 Å². The third-order valence-corrected chi connectivity index (χ3v) is 3.31. The number of hydrogen-bond donors (Lipinski definition) is 0. The molecule has 3 nitrogen and oxygen atoms in total. The van der Waals surface area contributed by atoms with Crippen molar-refractivity contribution in [2.45, 2.75) is 12.8 Å². The molecule has 0 saturated heterocycles. The molecule has 17 heavy (non-hydrogen) atoms. The molecule has 0 amide bonds. The first kappa shape index (κ1) is 12.8. The maximum atomic E-state index is 12.9. The van der Waals surface area contributed by atoms with E-state index in [0.29, 0.717) is 24.1 Å². The van der Waals surface area contributed by atoms with E-state index in [1.54, 1.807) is 6.07 Å².